The van der Waals surface area contributed by atoms with Crippen molar-refractivity contribution < 1.29 is 45.0 Å². The van der Waals surface area contributed by atoms with E-state index in [1.165, 1.54) is 36.1 Å². The van der Waals surface area contributed by atoms with E-state index >= 15 is 0 Å². The molecule has 0 aliphatic carbocycles. The van der Waals surface area contributed by atoms with Gasteiger partial charge in [0.05, 0.1) is 48.8 Å². The van der Waals surface area contributed by atoms with Crippen molar-refractivity contribution in [1.82, 2.24) is 9.80 Å². The monoisotopic (exact) mass is 828 g/mol. The molecule has 4 aliphatic rings. The number of carbonyl (C=O) groups excluding carboxylic acids is 2. The van der Waals surface area contributed by atoms with Crippen LogP contribution in [-0.2, 0) is 49.6 Å². The molecule has 4 aliphatic heterocycles. The molecule has 0 spiro atoms. The summed E-state index contributed by atoms with van der Waals surface area (Å²) in [7, 11) is -2.46. The van der Waals surface area contributed by atoms with E-state index in [0.29, 0.717) is 59.6 Å². The summed E-state index contributed by atoms with van der Waals surface area (Å²) >= 11 is 3.34. The average Bonchev–Trinajstić information content (AvgIpc) is 3.81. The second-order valence-corrected chi connectivity index (χ2v) is 16.7. The standard InChI is InChI=1S/C40H33FN4O9S3/c1-50-33-12-29-31(42-16-26-10-37-24(3-5-55-37)18-44(26)39(29)46)14-35(33)52-20-22-7-23(9-28(8-22)54-57(41,48)49)21-53-36-15-32-30(13-34(36)51-2)40(47)45-19-25-4-6-56-38(25)11-27(45)17-43-32/h3-9,12-17,26-27H,10-11,18-21H2,1-2H3/t26-,27-/m0/s1. The fourth-order valence-electron chi connectivity index (χ4n) is 7.51. The highest BCUT2D eigenvalue weighted by Crippen LogP contribution is 2.41. The molecule has 0 N–H and O–H groups in total. The molecule has 0 bridgehead atoms. The number of ether oxygens (including phenoxy) is 4. The summed E-state index contributed by atoms with van der Waals surface area (Å²) in [6.07, 6.45) is 4.91. The van der Waals surface area contributed by atoms with Crippen molar-refractivity contribution in [2.45, 2.75) is 51.2 Å². The Morgan fingerprint density at radius 2 is 1.18 bits per heavy atom. The van der Waals surface area contributed by atoms with E-state index in [2.05, 4.69) is 14.2 Å². The fourth-order valence-corrected chi connectivity index (χ4v) is 9.73. The highest BCUT2D eigenvalue weighted by molar-refractivity contribution is 7.81. The van der Waals surface area contributed by atoms with E-state index in [1.807, 2.05) is 22.9 Å². The molecule has 2 aromatic heterocycles. The predicted molar refractivity (Wildman–Crippen MR) is 211 cm³/mol. The third-order valence-electron chi connectivity index (χ3n) is 10.3. The van der Waals surface area contributed by atoms with Gasteiger partial charge in [0.1, 0.15) is 19.0 Å². The lowest BCUT2D eigenvalue weighted by molar-refractivity contribution is 0.0697. The second kappa shape index (κ2) is 14.6. The molecule has 5 aromatic rings. The Kier molecular flexibility index (Phi) is 9.45. The SMILES string of the molecule is COc1cc2c(cc1OCc1cc(COc3cc4c(cc3OC)C(=O)N3Cc5ccsc5C[C@H]3C=N4)cc(OS(=O)(=O)F)c1)N=C[C@@H]1Cc3sccc3CN1C2=O. The van der Waals surface area contributed by atoms with Crippen LogP contribution in [0.4, 0.5) is 15.3 Å². The minimum absolute atomic E-state index is 0.137. The average molecular weight is 829 g/mol. The Bertz CT molecular complexity index is 2460. The Balaban J connectivity index is 0.958. The number of thiophene rings is 2. The first kappa shape index (κ1) is 36.8. The number of hydrogen-bond acceptors (Lipinski definition) is 13. The number of fused-ring (bicyclic) bond motifs is 6. The first-order chi connectivity index (χ1) is 27.5. The Morgan fingerprint density at radius 3 is 1.61 bits per heavy atom. The van der Waals surface area contributed by atoms with Gasteiger partial charge in [-0.1, -0.05) is 3.89 Å². The van der Waals surface area contributed by atoms with Gasteiger partial charge in [-0.25, -0.2) is 0 Å². The van der Waals surface area contributed by atoms with Crippen molar-refractivity contribution in [2.24, 2.45) is 9.98 Å². The smallest absolute Gasteiger partial charge is 0.488 e. The summed E-state index contributed by atoms with van der Waals surface area (Å²) in [5, 5.41) is 4.06. The van der Waals surface area contributed by atoms with Crippen molar-refractivity contribution >= 4 is 68.8 Å². The summed E-state index contributed by atoms with van der Waals surface area (Å²) in [5.74, 6) is 0.477. The fraction of sp³-hybridized carbons (Fsp3) is 0.250. The summed E-state index contributed by atoms with van der Waals surface area (Å²) < 4.78 is 65.1. The maximum absolute atomic E-state index is 13.8. The Hall–Kier alpha value is -5.78. The van der Waals surface area contributed by atoms with Crippen LogP contribution in [0.1, 0.15) is 52.7 Å². The molecule has 0 saturated carbocycles. The number of aliphatic imine (C=N–C) groups is 2. The number of halogens is 1. The first-order valence-corrected chi connectivity index (χ1v) is 20.9. The zero-order valence-corrected chi connectivity index (χ0v) is 32.9. The molecule has 9 rings (SSSR count). The van der Waals surface area contributed by atoms with Crippen molar-refractivity contribution in [3.05, 3.63) is 108 Å². The van der Waals surface area contributed by atoms with Gasteiger partial charge >= 0.3 is 10.5 Å². The summed E-state index contributed by atoms with van der Waals surface area (Å²) in [5.41, 5.74) is 4.63. The Labute approximate surface area is 335 Å². The summed E-state index contributed by atoms with van der Waals surface area (Å²) in [4.78, 5) is 42.9. The molecule has 0 radical (unpaired) electrons. The van der Waals surface area contributed by atoms with Crippen LogP contribution in [0, 0.1) is 0 Å². The summed E-state index contributed by atoms with van der Waals surface area (Å²) in [6, 6.07) is 14.5. The van der Waals surface area contributed by atoms with Crippen molar-refractivity contribution in [3.8, 4) is 28.7 Å². The van der Waals surface area contributed by atoms with Gasteiger partial charge in [0, 0.05) is 60.2 Å². The van der Waals surface area contributed by atoms with Crippen LogP contribution < -0.4 is 23.1 Å². The van der Waals surface area contributed by atoms with Crippen LogP contribution >= 0.6 is 22.7 Å². The van der Waals surface area contributed by atoms with E-state index in [4.69, 9.17) is 18.9 Å². The molecule has 57 heavy (non-hydrogen) atoms. The van der Waals surface area contributed by atoms with Gasteiger partial charge in [-0.2, -0.15) is 8.42 Å². The minimum atomic E-state index is -5.37. The molecule has 13 nitrogen and oxygen atoms in total. The van der Waals surface area contributed by atoms with Gasteiger partial charge in [0.25, 0.3) is 11.8 Å². The van der Waals surface area contributed by atoms with Crippen molar-refractivity contribution in [3.63, 3.8) is 0 Å². The third kappa shape index (κ3) is 7.21. The molecule has 0 unspecified atom stereocenters. The molecule has 292 valence electrons. The molecular formula is C40H33FN4O9S3. The highest BCUT2D eigenvalue weighted by Gasteiger charge is 2.35. The van der Waals surface area contributed by atoms with Crippen LogP contribution in [0.2, 0.25) is 0 Å². The van der Waals surface area contributed by atoms with Crippen LogP contribution in [0.15, 0.2) is 75.3 Å². The topological polar surface area (TPSA) is 146 Å². The van der Waals surface area contributed by atoms with Gasteiger partial charge in [-0.05, 0) is 75.5 Å². The van der Waals surface area contributed by atoms with E-state index in [-0.39, 0.29) is 65.9 Å². The number of benzene rings is 3. The van der Waals surface area contributed by atoms with Gasteiger partial charge in [-0.3, -0.25) is 19.6 Å². The maximum atomic E-state index is 13.8. The summed E-state index contributed by atoms with van der Waals surface area (Å²) in [6.45, 7) is 0.690. The maximum Gasteiger partial charge on any atom is 0.488 e. The Morgan fingerprint density at radius 1 is 0.702 bits per heavy atom. The van der Waals surface area contributed by atoms with Crippen molar-refractivity contribution in [2.75, 3.05) is 14.2 Å². The lowest BCUT2D eigenvalue weighted by Crippen LogP contribution is -2.44. The molecule has 2 atom stereocenters. The van der Waals surface area contributed by atoms with Crippen LogP contribution in [0.5, 0.6) is 28.7 Å². The van der Waals surface area contributed by atoms with Crippen LogP contribution in [0.3, 0.4) is 0 Å². The zero-order valence-electron chi connectivity index (χ0n) is 30.5. The quantitative estimate of drug-likeness (QED) is 0.134. The largest absolute Gasteiger partial charge is 0.493 e. The van der Waals surface area contributed by atoms with E-state index in [1.54, 1.807) is 75.2 Å². The highest BCUT2D eigenvalue weighted by atomic mass is 32.3. The number of methoxy groups -OCH3 is 2. The minimum Gasteiger partial charge on any atom is -0.493 e. The number of hydrogen-bond donors (Lipinski definition) is 0. The number of rotatable bonds is 10. The number of nitrogens with zero attached hydrogens (tertiary/aromatic N) is 4. The van der Waals surface area contributed by atoms with Crippen molar-refractivity contribution in [1.29, 1.82) is 0 Å². The molecular weight excluding hydrogens is 796 g/mol. The molecule has 17 heteroatoms. The third-order valence-corrected chi connectivity index (χ3v) is 12.6. The lowest BCUT2D eigenvalue weighted by atomic mass is 10.0. The first-order valence-electron chi connectivity index (χ1n) is 17.8. The van der Waals surface area contributed by atoms with E-state index in [0.717, 1.165) is 11.1 Å². The molecule has 3 aromatic carbocycles. The number of carbonyl (C=O) groups is 2. The van der Waals surface area contributed by atoms with Gasteiger partial charge in [0.15, 0.2) is 23.0 Å². The normalized spacial score (nSPS) is 17.9. The molecule has 0 saturated heterocycles. The van der Waals surface area contributed by atoms with Crippen LogP contribution in [-0.4, -0.2) is 68.8 Å². The lowest BCUT2D eigenvalue weighted by Gasteiger charge is -2.32. The molecule has 2 amide bonds. The van der Waals surface area contributed by atoms with E-state index < -0.39 is 10.5 Å². The van der Waals surface area contributed by atoms with Gasteiger partial charge < -0.3 is 32.9 Å². The molecule has 0 fully saturated rings. The second-order valence-electron chi connectivity index (χ2n) is 13.8. The predicted octanol–water partition coefficient (Wildman–Crippen LogP) is 7.14. The van der Waals surface area contributed by atoms with Crippen LogP contribution in [0.25, 0.3) is 0 Å². The number of amides is 2. The molecule has 6 heterocycles. The van der Waals surface area contributed by atoms with Gasteiger partial charge in [-0.15, -0.1) is 22.7 Å². The van der Waals surface area contributed by atoms with Gasteiger partial charge in [0.2, 0.25) is 0 Å². The zero-order chi connectivity index (χ0) is 39.4. The van der Waals surface area contributed by atoms with E-state index in [9.17, 15) is 21.9 Å².